The van der Waals surface area contributed by atoms with Gasteiger partial charge >= 0.3 is 0 Å². The van der Waals surface area contributed by atoms with Gasteiger partial charge in [-0.1, -0.05) is 11.6 Å². The Morgan fingerprint density at radius 1 is 1.57 bits per heavy atom. The van der Waals surface area contributed by atoms with E-state index in [0.717, 1.165) is 0 Å². The molecule has 0 aliphatic heterocycles. The number of hydrogen-bond acceptors (Lipinski definition) is 4. The van der Waals surface area contributed by atoms with Crippen LogP contribution in [-0.4, -0.2) is 14.6 Å². The van der Waals surface area contributed by atoms with Crippen molar-refractivity contribution in [2.75, 3.05) is 0 Å². The molecule has 0 radical (unpaired) electrons. The number of nitrogens with two attached hydrogens (primary N) is 1. The molecule has 1 unspecified atom stereocenters. The van der Waals surface area contributed by atoms with Gasteiger partial charge in [-0.3, -0.25) is 0 Å². The third-order valence-electron chi connectivity index (χ3n) is 1.89. The van der Waals surface area contributed by atoms with Crippen molar-refractivity contribution >= 4 is 17.1 Å². The number of halogens is 1. The summed E-state index contributed by atoms with van der Waals surface area (Å²) in [6.45, 7) is 0. The van der Waals surface area contributed by atoms with E-state index in [9.17, 15) is 0 Å². The van der Waals surface area contributed by atoms with Gasteiger partial charge in [0, 0.05) is 0 Å². The number of nitriles is 1. The molecule has 14 heavy (non-hydrogen) atoms. The molecule has 0 saturated carbocycles. The summed E-state index contributed by atoms with van der Waals surface area (Å²) in [5.74, 6) is 0. The minimum atomic E-state index is -0.705. The van der Waals surface area contributed by atoms with Crippen LogP contribution in [0, 0.1) is 11.3 Å². The second-order valence-electron chi connectivity index (χ2n) is 2.71. The molecule has 0 fully saturated rings. The van der Waals surface area contributed by atoms with Crippen LogP contribution in [0.3, 0.4) is 0 Å². The predicted octanol–water partition coefficient (Wildman–Crippen LogP) is 0.906. The van der Waals surface area contributed by atoms with Crippen molar-refractivity contribution in [3.8, 4) is 6.07 Å². The van der Waals surface area contributed by atoms with Gasteiger partial charge in [0.2, 0.25) is 0 Å². The van der Waals surface area contributed by atoms with Crippen molar-refractivity contribution in [2.24, 2.45) is 5.73 Å². The molecule has 1 atom stereocenters. The fourth-order valence-electron chi connectivity index (χ4n) is 1.23. The monoisotopic (exact) mass is 207 g/mol. The fourth-order valence-corrected chi connectivity index (χ4v) is 1.41. The van der Waals surface area contributed by atoms with Gasteiger partial charge in [-0.05, 0) is 12.1 Å². The maximum absolute atomic E-state index is 8.67. The molecular weight excluding hydrogens is 202 g/mol. The first-order valence-electron chi connectivity index (χ1n) is 3.87. The maximum atomic E-state index is 8.67. The topological polar surface area (TPSA) is 80.0 Å². The van der Waals surface area contributed by atoms with E-state index in [1.165, 1.54) is 10.8 Å². The molecule has 0 bridgehead atoms. The summed E-state index contributed by atoms with van der Waals surface area (Å²) in [5, 5.41) is 13.0. The molecule has 0 aliphatic carbocycles. The van der Waals surface area contributed by atoms with Crippen LogP contribution in [0.2, 0.25) is 5.15 Å². The molecule has 2 aromatic rings. The lowest BCUT2D eigenvalue weighted by Gasteiger charge is -2.02. The van der Waals surface area contributed by atoms with Gasteiger partial charge in [0.05, 0.1) is 11.8 Å². The first kappa shape index (κ1) is 8.94. The van der Waals surface area contributed by atoms with Crippen molar-refractivity contribution in [3.05, 3.63) is 29.3 Å². The Kier molecular flexibility index (Phi) is 2.08. The van der Waals surface area contributed by atoms with Crippen molar-refractivity contribution in [3.63, 3.8) is 0 Å². The number of fused-ring (bicyclic) bond motifs is 1. The van der Waals surface area contributed by atoms with E-state index < -0.39 is 6.04 Å². The highest BCUT2D eigenvalue weighted by atomic mass is 35.5. The van der Waals surface area contributed by atoms with E-state index in [2.05, 4.69) is 10.1 Å². The standard InChI is InChI=1S/C8H6ClN5/c9-8-7-2-1-6(5(11)3-10)14(7)13-4-12-8/h1-2,4-5H,11H2. The number of hydrogen-bond donors (Lipinski definition) is 1. The second-order valence-corrected chi connectivity index (χ2v) is 3.07. The molecule has 70 valence electrons. The molecule has 0 spiro atoms. The van der Waals surface area contributed by atoms with Crippen LogP contribution in [0.25, 0.3) is 5.52 Å². The Balaban J connectivity index is 2.71. The summed E-state index contributed by atoms with van der Waals surface area (Å²) in [5.41, 5.74) is 6.82. The molecule has 0 amide bonds. The van der Waals surface area contributed by atoms with Crippen LogP contribution >= 0.6 is 11.6 Å². The van der Waals surface area contributed by atoms with Crippen LogP contribution in [-0.2, 0) is 0 Å². The largest absolute Gasteiger partial charge is 0.311 e. The molecule has 0 aromatic carbocycles. The SMILES string of the molecule is N#CC(N)c1ccc2c(Cl)ncnn12. The minimum absolute atomic E-state index is 0.344. The maximum Gasteiger partial charge on any atom is 0.156 e. The highest BCUT2D eigenvalue weighted by Gasteiger charge is 2.12. The summed E-state index contributed by atoms with van der Waals surface area (Å²) in [7, 11) is 0. The van der Waals surface area contributed by atoms with Gasteiger partial charge in [-0.25, -0.2) is 9.50 Å². The van der Waals surface area contributed by atoms with Crippen LogP contribution in [0.4, 0.5) is 0 Å². The van der Waals surface area contributed by atoms with E-state index >= 15 is 0 Å². The third-order valence-corrected chi connectivity index (χ3v) is 2.18. The number of aromatic nitrogens is 3. The Morgan fingerprint density at radius 3 is 3.07 bits per heavy atom. The summed E-state index contributed by atoms with van der Waals surface area (Å²) >= 11 is 5.82. The van der Waals surface area contributed by atoms with Crippen LogP contribution in [0.1, 0.15) is 11.7 Å². The Labute approximate surface area is 84.7 Å². The lowest BCUT2D eigenvalue weighted by Crippen LogP contribution is -2.11. The lowest BCUT2D eigenvalue weighted by molar-refractivity contribution is 0.781. The molecular formula is C8H6ClN5. The quantitative estimate of drug-likeness (QED) is 0.754. The van der Waals surface area contributed by atoms with Gasteiger partial charge in [-0.15, -0.1) is 0 Å². The third kappa shape index (κ3) is 1.21. The molecule has 2 N–H and O–H groups in total. The van der Waals surface area contributed by atoms with Crippen molar-refractivity contribution in [2.45, 2.75) is 6.04 Å². The average molecular weight is 208 g/mol. The summed E-state index contributed by atoms with van der Waals surface area (Å²) in [6, 6.07) is 4.67. The fraction of sp³-hybridized carbons (Fsp3) is 0.125. The number of nitrogens with zero attached hydrogens (tertiary/aromatic N) is 4. The highest BCUT2D eigenvalue weighted by Crippen LogP contribution is 2.18. The van der Waals surface area contributed by atoms with E-state index in [-0.39, 0.29) is 0 Å². The molecule has 2 heterocycles. The van der Waals surface area contributed by atoms with Crippen LogP contribution < -0.4 is 5.73 Å². The molecule has 0 aliphatic rings. The van der Waals surface area contributed by atoms with E-state index in [4.69, 9.17) is 22.6 Å². The van der Waals surface area contributed by atoms with Gasteiger partial charge in [0.25, 0.3) is 0 Å². The summed E-state index contributed by atoms with van der Waals surface area (Å²) in [6.07, 6.45) is 1.32. The molecule has 5 nitrogen and oxygen atoms in total. The van der Waals surface area contributed by atoms with Crippen LogP contribution in [0.15, 0.2) is 18.5 Å². The lowest BCUT2D eigenvalue weighted by atomic mass is 10.2. The predicted molar refractivity (Wildman–Crippen MR) is 50.5 cm³/mol. The first-order chi connectivity index (χ1) is 6.74. The molecule has 2 aromatic heterocycles. The molecule has 6 heteroatoms. The van der Waals surface area contributed by atoms with Crippen molar-refractivity contribution in [1.29, 1.82) is 5.26 Å². The molecule has 0 saturated heterocycles. The zero-order valence-corrected chi connectivity index (χ0v) is 7.81. The molecule has 2 rings (SSSR count). The first-order valence-corrected chi connectivity index (χ1v) is 4.25. The minimum Gasteiger partial charge on any atom is -0.311 e. The van der Waals surface area contributed by atoms with Gasteiger partial charge in [0.15, 0.2) is 5.15 Å². The zero-order valence-electron chi connectivity index (χ0n) is 7.05. The van der Waals surface area contributed by atoms with E-state index in [0.29, 0.717) is 16.4 Å². The summed E-state index contributed by atoms with van der Waals surface area (Å²) < 4.78 is 1.52. The Hall–Kier alpha value is -1.64. The number of rotatable bonds is 1. The zero-order chi connectivity index (χ0) is 10.1. The van der Waals surface area contributed by atoms with Crippen molar-refractivity contribution in [1.82, 2.24) is 14.6 Å². The van der Waals surface area contributed by atoms with E-state index in [1.54, 1.807) is 12.1 Å². The van der Waals surface area contributed by atoms with Gasteiger partial charge in [0.1, 0.15) is 17.9 Å². The summed E-state index contributed by atoms with van der Waals surface area (Å²) in [4.78, 5) is 3.82. The van der Waals surface area contributed by atoms with E-state index in [1.807, 2.05) is 6.07 Å². The highest BCUT2D eigenvalue weighted by molar-refractivity contribution is 6.32. The second kappa shape index (κ2) is 3.25. The Morgan fingerprint density at radius 2 is 2.36 bits per heavy atom. The van der Waals surface area contributed by atoms with Crippen molar-refractivity contribution < 1.29 is 0 Å². The smallest absolute Gasteiger partial charge is 0.156 e. The average Bonchev–Trinajstić information content (AvgIpc) is 2.62. The Bertz CT molecular complexity index is 512. The normalized spacial score (nSPS) is 12.6. The van der Waals surface area contributed by atoms with Gasteiger partial charge < -0.3 is 5.73 Å². The van der Waals surface area contributed by atoms with Crippen LogP contribution in [0.5, 0.6) is 0 Å². The van der Waals surface area contributed by atoms with Gasteiger partial charge in [-0.2, -0.15) is 10.4 Å².